The second kappa shape index (κ2) is 7.13. The number of nitrogens with zero attached hydrogens (tertiary/aromatic N) is 1. The fraction of sp³-hybridized carbons (Fsp3) is 0.250. The van der Waals surface area contributed by atoms with Gasteiger partial charge < -0.3 is 14.6 Å². The van der Waals surface area contributed by atoms with Crippen LogP contribution in [0.5, 0.6) is 5.75 Å². The number of amides is 1. The Hall–Kier alpha value is -2.27. The van der Waals surface area contributed by atoms with Crippen LogP contribution in [0.2, 0.25) is 5.02 Å². The minimum atomic E-state index is -0.691. The van der Waals surface area contributed by atoms with E-state index in [1.165, 1.54) is 4.57 Å². The SMILES string of the molecule is CCOc1cccn(C(C)C(=O)Nc2ccccc2Cl)c1=O. The number of rotatable bonds is 5. The number of ether oxygens (including phenoxy) is 1. The molecule has 0 aliphatic carbocycles. The standard InChI is InChI=1S/C16H17ClN2O3/c1-3-22-14-9-6-10-19(16(14)21)11(2)15(20)18-13-8-5-4-7-12(13)17/h4-11H,3H2,1-2H3,(H,18,20). The van der Waals surface area contributed by atoms with Crippen LogP contribution in [-0.2, 0) is 4.79 Å². The molecule has 2 aromatic rings. The van der Waals surface area contributed by atoms with Gasteiger partial charge in [0.2, 0.25) is 5.91 Å². The molecule has 116 valence electrons. The van der Waals surface area contributed by atoms with Crippen LogP contribution < -0.4 is 15.6 Å². The molecule has 1 aromatic heterocycles. The van der Waals surface area contributed by atoms with Crippen LogP contribution in [0.1, 0.15) is 19.9 Å². The molecule has 1 atom stereocenters. The highest BCUT2D eigenvalue weighted by molar-refractivity contribution is 6.33. The number of carbonyl (C=O) groups excluding carboxylic acids is 1. The first kappa shape index (κ1) is 16.1. The number of hydrogen-bond donors (Lipinski definition) is 1. The fourth-order valence-corrected chi connectivity index (χ4v) is 2.17. The molecule has 0 fully saturated rings. The lowest BCUT2D eigenvalue weighted by atomic mass is 10.2. The number of benzene rings is 1. The van der Waals surface area contributed by atoms with Gasteiger partial charge in [-0.25, -0.2) is 0 Å². The largest absolute Gasteiger partial charge is 0.488 e. The first-order valence-corrected chi connectivity index (χ1v) is 7.31. The van der Waals surface area contributed by atoms with E-state index in [0.29, 0.717) is 17.3 Å². The van der Waals surface area contributed by atoms with Gasteiger partial charge in [0, 0.05) is 6.20 Å². The summed E-state index contributed by atoms with van der Waals surface area (Å²) < 4.78 is 6.59. The molecule has 0 radical (unpaired) electrons. The van der Waals surface area contributed by atoms with E-state index in [0.717, 1.165) is 0 Å². The minimum absolute atomic E-state index is 0.224. The van der Waals surface area contributed by atoms with E-state index in [9.17, 15) is 9.59 Å². The summed E-state index contributed by atoms with van der Waals surface area (Å²) in [6.07, 6.45) is 1.56. The third-order valence-corrected chi connectivity index (χ3v) is 3.50. The molecule has 0 aliphatic heterocycles. The lowest BCUT2D eigenvalue weighted by Gasteiger charge is -2.16. The molecular formula is C16H17ClN2O3. The average Bonchev–Trinajstić information content (AvgIpc) is 2.51. The molecule has 1 unspecified atom stereocenters. The molecule has 1 amide bonds. The zero-order valence-corrected chi connectivity index (χ0v) is 13.1. The summed E-state index contributed by atoms with van der Waals surface area (Å²) in [5.74, 6) is -0.105. The van der Waals surface area contributed by atoms with Crippen molar-refractivity contribution in [3.63, 3.8) is 0 Å². The molecule has 0 saturated heterocycles. The van der Waals surface area contributed by atoms with Crippen molar-refractivity contribution in [2.75, 3.05) is 11.9 Å². The molecule has 5 nitrogen and oxygen atoms in total. The number of aromatic nitrogens is 1. The third-order valence-electron chi connectivity index (χ3n) is 3.17. The molecule has 1 aromatic carbocycles. The summed E-state index contributed by atoms with van der Waals surface area (Å²) in [7, 11) is 0. The van der Waals surface area contributed by atoms with Crippen molar-refractivity contribution >= 4 is 23.2 Å². The summed E-state index contributed by atoms with van der Waals surface area (Å²) in [4.78, 5) is 24.6. The zero-order valence-electron chi connectivity index (χ0n) is 12.4. The lowest BCUT2D eigenvalue weighted by molar-refractivity contribution is -0.118. The van der Waals surface area contributed by atoms with Gasteiger partial charge in [0.05, 0.1) is 17.3 Å². The predicted octanol–water partition coefficient (Wildman–Crippen LogP) is 3.10. The van der Waals surface area contributed by atoms with Crippen LogP contribution in [0.3, 0.4) is 0 Å². The van der Waals surface area contributed by atoms with Crippen LogP contribution in [0.25, 0.3) is 0 Å². The van der Waals surface area contributed by atoms with Crippen molar-refractivity contribution in [2.24, 2.45) is 0 Å². The zero-order chi connectivity index (χ0) is 16.1. The summed E-state index contributed by atoms with van der Waals surface area (Å²) in [5.41, 5.74) is 0.168. The molecule has 22 heavy (non-hydrogen) atoms. The Morgan fingerprint density at radius 3 is 2.73 bits per heavy atom. The highest BCUT2D eigenvalue weighted by Crippen LogP contribution is 2.21. The monoisotopic (exact) mass is 320 g/mol. The summed E-state index contributed by atoms with van der Waals surface area (Å²) in [6.45, 7) is 3.83. The molecule has 6 heteroatoms. The van der Waals surface area contributed by atoms with Crippen LogP contribution in [-0.4, -0.2) is 17.1 Å². The highest BCUT2D eigenvalue weighted by atomic mass is 35.5. The maximum Gasteiger partial charge on any atom is 0.293 e. The Morgan fingerprint density at radius 1 is 1.32 bits per heavy atom. The van der Waals surface area contributed by atoms with Gasteiger partial charge in [0.1, 0.15) is 6.04 Å². The van der Waals surface area contributed by atoms with E-state index in [1.807, 2.05) is 0 Å². The van der Waals surface area contributed by atoms with Gasteiger partial charge in [-0.1, -0.05) is 23.7 Å². The Balaban J connectivity index is 2.23. The summed E-state index contributed by atoms with van der Waals surface area (Å²) >= 11 is 6.01. The number of nitrogens with one attached hydrogen (secondary N) is 1. The quantitative estimate of drug-likeness (QED) is 0.921. The Kier molecular flexibility index (Phi) is 5.22. The Bertz CT molecular complexity index is 727. The number of halogens is 1. The smallest absolute Gasteiger partial charge is 0.293 e. The molecule has 1 N–H and O–H groups in total. The van der Waals surface area contributed by atoms with Gasteiger partial charge in [-0.3, -0.25) is 9.59 Å². The number of anilines is 1. The van der Waals surface area contributed by atoms with E-state index < -0.39 is 6.04 Å². The average molecular weight is 321 g/mol. The van der Waals surface area contributed by atoms with E-state index >= 15 is 0 Å². The fourth-order valence-electron chi connectivity index (χ4n) is 1.99. The molecule has 0 spiro atoms. The number of hydrogen-bond acceptors (Lipinski definition) is 3. The topological polar surface area (TPSA) is 60.3 Å². The van der Waals surface area contributed by atoms with Crippen molar-refractivity contribution in [3.8, 4) is 5.75 Å². The molecule has 2 rings (SSSR count). The van der Waals surface area contributed by atoms with E-state index in [1.54, 1.807) is 56.4 Å². The van der Waals surface area contributed by atoms with Gasteiger partial charge in [-0.2, -0.15) is 0 Å². The second-order valence-electron chi connectivity index (χ2n) is 4.66. The lowest BCUT2D eigenvalue weighted by Crippen LogP contribution is -2.31. The predicted molar refractivity (Wildman–Crippen MR) is 86.7 cm³/mol. The second-order valence-corrected chi connectivity index (χ2v) is 5.07. The molecule has 0 aliphatic rings. The minimum Gasteiger partial charge on any atom is -0.488 e. The third kappa shape index (κ3) is 3.49. The highest BCUT2D eigenvalue weighted by Gasteiger charge is 2.18. The van der Waals surface area contributed by atoms with E-state index in [4.69, 9.17) is 16.3 Å². The Labute approximate surface area is 133 Å². The Morgan fingerprint density at radius 2 is 2.05 bits per heavy atom. The van der Waals surface area contributed by atoms with Crippen LogP contribution in [0.15, 0.2) is 47.4 Å². The first-order chi connectivity index (χ1) is 10.5. The molecule has 0 saturated carbocycles. The molecule has 0 bridgehead atoms. The van der Waals surface area contributed by atoms with Gasteiger partial charge in [-0.05, 0) is 38.1 Å². The van der Waals surface area contributed by atoms with Crippen molar-refractivity contribution < 1.29 is 9.53 Å². The first-order valence-electron chi connectivity index (χ1n) is 6.94. The van der Waals surface area contributed by atoms with Gasteiger partial charge >= 0.3 is 0 Å². The van der Waals surface area contributed by atoms with Gasteiger partial charge in [0.15, 0.2) is 5.75 Å². The van der Waals surface area contributed by atoms with Crippen molar-refractivity contribution in [3.05, 3.63) is 58.0 Å². The van der Waals surface area contributed by atoms with Crippen LogP contribution in [0, 0.1) is 0 Å². The van der Waals surface area contributed by atoms with Gasteiger partial charge in [-0.15, -0.1) is 0 Å². The normalized spacial score (nSPS) is 11.8. The number of carbonyl (C=O) groups is 1. The van der Waals surface area contributed by atoms with E-state index in [-0.39, 0.29) is 17.2 Å². The number of pyridine rings is 1. The van der Waals surface area contributed by atoms with Crippen molar-refractivity contribution in [2.45, 2.75) is 19.9 Å². The maximum atomic E-state index is 12.3. The molecular weight excluding hydrogens is 304 g/mol. The summed E-state index contributed by atoms with van der Waals surface area (Å²) in [6, 6.07) is 9.50. The maximum absolute atomic E-state index is 12.3. The van der Waals surface area contributed by atoms with Gasteiger partial charge in [0.25, 0.3) is 5.56 Å². The van der Waals surface area contributed by atoms with Crippen LogP contribution in [0.4, 0.5) is 5.69 Å². The van der Waals surface area contributed by atoms with Crippen molar-refractivity contribution in [1.82, 2.24) is 4.57 Å². The molecule has 1 heterocycles. The summed E-state index contributed by atoms with van der Waals surface area (Å²) in [5, 5.41) is 3.16. The number of para-hydroxylation sites is 1. The van der Waals surface area contributed by atoms with Crippen molar-refractivity contribution in [1.29, 1.82) is 0 Å². The van der Waals surface area contributed by atoms with E-state index in [2.05, 4.69) is 5.32 Å². The van der Waals surface area contributed by atoms with Crippen LogP contribution >= 0.6 is 11.6 Å².